The van der Waals surface area contributed by atoms with Crippen LogP contribution < -0.4 is 16.2 Å². The molecule has 2 rings (SSSR count). The molecule has 0 unspecified atom stereocenters. The zero-order valence-corrected chi connectivity index (χ0v) is 11.7. The van der Waals surface area contributed by atoms with Crippen molar-refractivity contribution in [3.8, 4) is 11.5 Å². The number of amides is 1. The van der Waals surface area contributed by atoms with Gasteiger partial charge in [-0.2, -0.15) is 0 Å². The maximum Gasteiger partial charge on any atom is 0.252 e. The first-order chi connectivity index (χ1) is 9.49. The molecule has 0 aliphatic rings. The number of primary amides is 1. The second kappa shape index (κ2) is 5.94. The highest BCUT2D eigenvalue weighted by Crippen LogP contribution is 2.32. The summed E-state index contributed by atoms with van der Waals surface area (Å²) in [6.07, 6.45) is 0. The molecule has 0 saturated heterocycles. The van der Waals surface area contributed by atoms with Crippen molar-refractivity contribution >= 4 is 17.5 Å². The van der Waals surface area contributed by atoms with Crippen LogP contribution in [0.25, 0.3) is 0 Å². The molecule has 0 fully saturated rings. The van der Waals surface area contributed by atoms with Crippen molar-refractivity contribution in [1.29, 1.82) is 0 Å². The van der Waals surface area contributed by atoms with Gasteiger partial charge in [-0.3, -0.25) is 4.79 Å². The number of benzene rings is 2. The van der Waals surface area contributed by atoms with Crippen LogP contribution in [0.5, 0.6) is 11.5 Å². The van der Waals surface area contributed by atoms with E-state index in [1.807, 2.05) is 13.0 Å². The molecule has 20 heavy (non-hydrogen) atoms. The number of hydrogen-bond acceptors (Lipinski definition) is 3. The molecule has 1 atom stereocenters. The van der Waals surface area contributed by atoms with E-state index in [1.54, 1.807) is 36.4 Å². The van der Waals surface area contributed by atoms with E-state index in [4.69, 9.17) is 27.8 Å². The molecule has 0 aliphatic heterocycles. The molecule has 2 aromatic rings. The van der Waals surface area contributed by atoms with E-state index in [0.29, 0.717) is 22.1 Å². The van der Waals surface area contributed by atoms with Crippen LogP contribution >= 0.6 is 11.6 Å². The Kier molecular flexibility index (Phi) is 4.27. The van der Waals surface area contributed by atoms with Crippen molar-refractivity contribution in [2.24, 2.45) is 11.5 Å². The number of carbonyl (C=O) groups excluding carboxylic acids is 1. The Bertz CT molecular complexity index is 642. The van der Waals surface area contributed by atoms with E-state index in [-0.39, 0.29) is 6.04 Å². The SMILES string of the molecule is C[C@@H](N)c1ccc(Oc2ccccc2C(N)=O)c(Cl)c1. The van der Waals surface area contributed by atoms with Crippen LogP contribution in [0.15, 0.2) is 42.5 Å². The summed E-state index contributed by atoms with van der Waals surface area (Å²) in [4.78, 5) is 11.3. The van der Waals surface area contributed by atoms with Crippen molar-refractivity contribution in [1.82, 2.24) is 0 Å². The van der Waals surface area contributed by atoms with Gasteiger partial charge in [-0.05, 0) is 36.8 Å². The Morgan fingerprint density at radius 2 is 1.90 bits per heavy atom. The smallest absolute Gasteiger partial charge is 0.252 e. The molecule has 4 nitrogen and oxygen atoms in total. The molecular formula is C15H15ClN2O2. The minimum absolute atomic E-state index is 0.112. The lowest BCUT2D eigenvalue weighted by molar-refractivity contribution is 0.0998. The quantitative estimate of drug-likeness (QED) is 0.907. The standard InChI is InChI=1S/C15H15ClN2O2/c1-9(17)10-6-7-14(12(16)8-10)20-13-5-3-2-4-11(13)15(18)19/h2-9H,17H2,1H3,(H2,18,19)/t9-/m1/s1. The van der Waals surface area contributed by atoms with Gasteiger partial charge in [0.15, 0.2) is 0 Å². The van der Waals surface area contributed by atoms with Crippen LogP contribution in [0, 0.1) is 0 Å². The second-order valence-corrected chi connectivity index (χ2v) is 4.85. The molecule has 0 heterocycles. The van der Waals surface area contributed by atoms with Gasteiger partial charge in [0.1, 0.15) is 11.5 Å². The van der Waals surface area contributed by atoms with Crippen LogP contribution in [0.2, 0.25) is 5.02 Å². The highest BCUT2D eigenvalue weighted by atomic mass is 35.5. The summed E-state index contributed by atoms with van der Waals surface area (Å²) in [5.41, 5.74) is 12.3. The summed E-state index contributed by atoms with van der Waals surface area (Å²) in [5.74, 6) is 0.268. The first-order valence-corrected chi connectivity index (χ1v) is 6.48. The van der Waals surface area contributed by atoms with Crippen LogP contribution in [0.1, 0.15) is 28.9 Å². The molecular weight excluding hydrogens is 276 g/mol. The highest BCUT2D eigenvalue weighted by molar-refractivity contribution is 6.32. The lowest BCUT2D eigenvalue weighted by Gasteiger charge is -2.12. The number of ether oxygens (including phenoxy) is 1. The summed E-state index contributed by atoms with van der Waals surface area (Å²) in [6.45, 7) is 1.87. The van der Waals surface area contributed by atoms with E-state index in [9.17, 15) is 4.79 Å². The van der Waals surface area contributed by atoms with Crippen LogP contribution in [-0.2, 0) is 0 Å². The average Bonchev–Trinajstić information content (AvgIpc) is 2.41. The van der Waals surface area contributed by atoms with Crippen LogP contribution in [-0.4, -0.2) is 5.91 Å². The number of para-hydroxylation sites is 1. The molecule has 5 heteroatoms. The fourth-order valence-electron chi connectivity index (χ4n) is 1.76. The van der Waals surface area contributed by atoms with Crippen molar-refractivity contribution in [3.63, 3.8) is 0 Å². The Labute approximate surface area is 122 Å². The normalized spacial score (nSPS) is 11.9. The first-order valence-electron chi connectivity index (χ1n) is 6.10. The number of rotatable bonds is 4. The van der Waals surface area contributed by atoms with Gasteiger partial charge in [-0.1, -0.05) is 29.8 Å². The molecule has 0 radical (unpaired) electrons. The number of halogens is 1. The number of carbonyl (C=O) groups is 1. The van der Waals surface area contributed by atoms with Gasteiger partial charge in [-0.25, -0.2) is 0 Å². The summed E-state index contributed by atoms with van der Waals surface area (Å²) in [6, 6.07) is 11.9. The minimum Gasteiger partial charge on any atom is -0.455 e. The Morgan fingerprint density at radius 1 is 1.20 bits per heavy atom. The van der Waals surface area contributed by atoms with Crippen molar-refractivity contribution in [2.45, 2.75) is 13.0 Å². The summed E-state index contributed by atoms with van der Waals surface area (Å²) < 4.78 is 5.66. The molecule has 0 aliphatic carbocycles. The van der Waals surface area contributed by atoms with Crippen LogP contribution in [0.3, 0.4) is 0 Å². The highest BCUT2D eigenvalue weighted by Gasteiger charge is 2.12. The Balaban J connectivity index is 2.33. The summed E-state index contributed by atoms with van der Waals surface area (Å²) in [5, 5.41) is 0.430. The lowest BCUT2D eigenvalue weighted by atomic mass is 10.1. The number of nitrogens with two attached hydrogens (primary N) is 2. The molecule has 0 aromatic heterocycles. The molecule has 0 saturated carbocycles. The van der Waals surface area contributed by atoms with Crippen molar-refractivity contribution < 1.29 is 9.53 Å². The minimum atomic E-state index is -0.552. The Hall–Kier alpha value is -2.04. The molecule has 4 N–H and O–H groups in total. The van der Waals surface area contributed by atoms with Gasteiger partial charge >= 0.3 is 0 Å². The van der Waals surface area contributed by atoms with Gasteiger partial charge in [0.25, 0.3) is 5.91 Å². The third kappa shape index (κ3) is 3.10. The third-order valence-corrected chi connectivity index (χ3v) is 3.15. The monoisotopic (exact) mass is 290 g/mol. The van der Waals surface area contributed by atoms with Crippen molar-refractivity contribution in [3.05, 3.63) is 58.6 Å². The second-order valence-electron chi connectivity index (χ2n) is 4.44. The van der Waals surface area contributed by atoms with Gasteiger partial charge in [0.05, 0.1) is 10.6 Å². The van der Waals surface area contributed by atoms with Crippen molar-refractivity contribution in [2.75, 3.05) is 0 Å². The van der Waals surface area contributed by atoms with Gasteiger partial charge in [0.2, 0.25) is 0 Å². The number of hydrogen-bond donors (Lipinski definition) is 2. The zero-order chi connectivity index (χ0) is 14.7. The predicted molar refractivity (Wildman–Crippen MR) is 79.1 cm³/mol. The van der Waals surface area contributed by atoms with E-state index in [0.717, 1.165) is 5.56 Å². The molecule has 0 bridgehead atoms. The molecule has 0 spiro atoms. The largest absolute Gasteiger partial charge is 0.455 e. The van der Waals surface area contributed by atoms with Gasteiger partial charge in [-0.15, -0.1) is 0 Å². The van der Waals surface area contributed by atoms with E-state index >= 15 is 0 Å². The fraction of sp³-hybridized carbons (Fsp3) is 0.133. The topological polar surface area (TPSA) is 78.3 Å². The lowest BCUT2D eigenvalue weighted by Crippen LogP contribution is -2.12. The molecule has 1 amide bonds. The first kappa shape index (κ1) is 14.4. The summed E-state index contributed by atoms with van der Waals surface area (Å²) >= 11 is 6.16. The predicted octanol–water partition coefficient (Wildman–Crippen LogP) is 3.25. The average molecular weight is 291 g/mol. The maximum atomic E-state index is 11.3. The summed E-state index contributed by atoms with van der Waals surface area (Å²) in [7, 11) is 0. The van der Waals surface area contributed by atoms with Gasteiger partial charge < -0.3 is 16.2 Å². The molecule has 2 aromatic carbocycles. The fourth-order valence-corrected chi connectivity index (χ4v) is 1.99. The maximum absolute atomic E-state index is 11.3. The molecule has 104 valence electrons. The van der Waals surface area contributed by atoms with Gasteiger partial charge in [0, 0.05) is 6.04 Å². The van der Waals surface area contributed by atoms with E-state index in [2.05, 4.69) is 0 Å². The van der Waals surface area contributed by atoms with Crippen LogP contribution in [0.4, 0.5) is 0 Å². The van der Waals surface area contributed by atoms with E-state index < -0.39 is 5.91 Å². The Morgan fingerprint density at radius 3 is 2.50 bits per heavy atom. The third-order valence-electron chi connectivity index (χ3n) is 2.85. The van der Waals surface area contributed by atoms with E-state index in [1.165, 1.54) is 0 Å². The zero-order valence-electron chi connectivity index (χ0n) is 11.0.